The molecule has 1 aromatic heterocycles. The Morgan fingerprint density at radius 3 is 2.74 bits per heavy atom. The number of aromatic amines is 1. The number of halogens is 1. The van der Waals surface area contributed by atoms with E-state index in [1.807, 2.05) is 31.2 Å². The summed E-state index contributed by atoms with van der Waals surface area (Å²) in [5, 5.41) is 0. The average Bonchev–Trinajstić information content (AvgIpc) is 2.93. The molecule has 3 aromatic rings. The van der Waals surface area contributed by atoms with Crippen LogP contribution in [0.3, 0.4) is 0 Å². The molecule has 0 radical (unpaired) electrons. The number of imidazole rings is 1. The largest absolute Gasteiger partial charge is 0.342 e. The molecular weight excluding hydrogens is 289 g/mol. The van der Waals surface area contributed by atoms with Crippen LogP contribution < -0.4 is 0 Å². The van der Waals surface area contributed by atoms with E-state index in [1.165, 1.54) is 5.56 Å². The van der Waals surface area contributed by atoms with Gasteiger partial charge >= 0.3 is 0 Å². The third-order valence-corrected chi connectivity index (χ3v) is 4.35. The predicted octanol–water partition coefficient (Wildman–Crippen LogP) is 4.53. The van der Waals surface area contributed by atoms with Gasteiger partial charge in [-0.1, -0.05) is 30.3 Å². The molecule has 3 rings (SSSR count). The third-order valence-electron chi connectivity index (χ3n) is 4.35. The second-order valence-corrected chi connectivity index (χ2v) is 6.14. The summed E-state index contributed by atoms with van der Waals surface area (Å²) >= 11 is 0. The minimum absolute atomic E-state index is 0.255. The summed E-state index contributed by atoms with van der Waals surface area (Å²) in [6.45, 7) is 4.52. The number of hydrogen-bond donors (Lipinski definition) is 1. The molecule has 0 aliphatic heterocycles. The van der Waals surface area contributed by atoms with Gasteiger partial charge in [-0.2, -0.15) is 0 Å². The Morgan fingerprint density at radius 2 is 1.96 bits per heavy atom. The third kappa shape index (κ3) is 3.42. The molecule has 0 bridgehead atoms. The number of benzene rings is 2. The molecule has 23 heavy (non-hydrogen) atoms. The minimum atomic E-state index is -0.414. The second kappa shape index (κ2) is 6.50. The number of rotatable bonds is 5. The Morgan fingerprint density at radius 1 is 1.17 bits per heavy atom. The molecule has 0 spiro atoms. The molecule has 1 N–H and O–H groups in total. The smallest absolute Gasteiger partial charge is 0.115 e. The number of hydrogen-bond acceptors (Lipinski definition) is 2. The molecule has 0 fully saturated rings. The first-order valence-corrected chi connectivity index (χ1v) is 7.87. The average molecular weight is 311 g/mol. The lowest BCUT2D eigenvalue weighted by molar-refractivity contribution is 0.253. The summed E-state index contributed by atoms with van der Waals surface area (Å²) < 4.78 is 12.8. The molecule has 0 amide bonds. The summed E-state index contributed by atoms with van der Waals surface area (Å²) in [6.07, 6.45) is 0. The van der Waals surface area contributed by atoms with E-state index in [9.17, 15) is 4.39 Å². The lowest BCUT2D eigenvalue weighted by Gasteiger charge is -2.25. The molecule has 1 unspecified atom stereocenters. The van der Waals surface area contributed by atoms with Crippen LogP contribution in [0.2, 0.25) is 0 Å². The molecule has 0 aliphatic carbocycles. The van der Waals surface area contributed by atoms with Crippen molar-refractivity contribution in [1.82, 2.24) is 14.9 Å². The van der Waals surface area contributed by atoms with Crippen molar-refractivity contribution in [3.63, 3.8) is 0 Å². The van der Waals surface area contributed by atoms with E-state index in [-0.39, 0.29) is 6.04 Å². The molecule has 4 heteroatoms. The van der Waals surface area contributed by atoms with Crippen molar-refractivity contribution < 1.29 is 4.39 Å². The van der Waals surface area contributed by atoms with Crippen LogP contribution in [0.1, 0.15) is 35.5 Å². The Balaban J connectivity index is 1.78. The van der Waals surface area contributed by atoms with Crippen molar-refractivity contribution in [2.45, 2.75) is 33.1 Å². The summed E-state index contributed by atoms with van der Waals surface area (Å²) in [4.78, 5) is 10.0. The van der Waals surface area contributed by atoms with E-state index in [4.69, 9.17) is 0 Å². The number of aromatic nitrogens is 2. The van der Waals surface area contributed by atoms with Gasteiger partial charge in [0, 0.05) is 12.6 Å². The fourth-order valence-corrected chi connectivity index (χ4v) is 2.90. The van der Waals surface area contributed by atoms with Gasteiger partial charge in [0.05, 0.1) is 11.0 Å². The summed E-state index contributed by atoms with van der Waals surface area (Å²) in [5.41, 5.74) is 5.16. The normalized spacial score (nSPS) is 12.9. The van der Waals surface area contributed by atoms with Crippen LogP contribution in [-0.2, 0) is 13.2 Å². The zero-order chi connectivity index (χ0) is 16.4. The molecule has 3 nitrogen and oxygen atoms in total. The first-order chi connectivity index (χ1) is 11.1. The van der Waals surface area contributed by atoms with Crippen LogP contribution in [0.5, 0.6) is 0 Å². The predicted molar refractivity (Wildman–Crippen MR) is 92.0 cm³/mol. The van der Waals surface area contributed by atoms with E-state index in [0.717, 1.165) is 34.5 Å². The van der Waals surface area contributed by atoms with Crippen molar-refractivity contribution in [3.8, 4) is 0 Å². The Labute approximate surface area is 136 Å². The van der Waals surface area contributed by atoms with Crippen LogP contribution in [-0.4, -0.2) is 21.9 Å². The SMILES string of the molecule is Cc1nc2cc(C(C)N(C)Cc3cccc(CF)c3)ccc2[nH]1. The monoisotopic (exact) mass is 311 g/mol. The Hall–Kier alpha value is -2.20. The van der Waals surface area contributed by atoms with Crippen LogP contribution >= 0.6 is 0 Å². The lowest BCUT2D eigenvalue weighted by atomic mass is 10.1. The van der Waals surface area contributed by atoms with Crippen LogP contribution in [0, 0.1) is 6.92 Å². The van der Waals surface area contributed by atoms with Gasteiger partial charge in [-0.05, 0) is 49.7 Å². The van der Waals surface area contributed by atoms with E-state index >= 15 is 0 Å². The highest BCUT2D eigenvalue weighted by molar-refractivity contribution is 5.75. The molecule has 0 saturated heterocycles. The quantitative estimate of drug-likeness (QED) is 0.750. The number of nitrogens with one attached hydrogen (secondary N) is 1. The van der Waals surface area contributed by atoms with Gasteiger partial charge in [-0.3, -0.25) is 4.90 Å². The zero-order valence-corrected chi connectivity index (χ0v) is 13.8. The number of H-pyrrole nitrogens is 1. The maximum absolute atomic E-state index is 12.8. The number of nitrogens with zero attached hydrogens (tertiary/aromatic N) is 2. The molecule has 2 aromatic carbocycles. The van der Waals surface area contributed by atoms with E-state index < -0.39 is 6.67 Å². The van der Waals surface area contributed by atoms with Crippen LogP contribution in [0.4, 0.5) is 4.39 Å². The van der Waals surface area contributed by atoms with E-state index in [1.54, 1.807) is 0 Å². The first kappa shape index (κ1) is 15.7. The summed E-state index contributed by atoms with van der Waals surface area (Å²) in [6, 6.07) is 14.3. The maximum atomic E-state index is 12.8. The van der Waals surface area contributed by atoms with Gasteiger partial charge in [-0.15, -0.1) is 0 Å². The van der Waals surface area contributed by atoms with Crippen molar-refractivity contribution in [2.75, 3.05) is 7.05 Å². The van der Waals surface area contributed by atoms with Crippen molar-refractivity contribution in [2.24, 2.45) is 0 Å². The number of fused-ring (bicyclic) bond motifs is 1. The highest BCUT2D eigenvalue weighted by atomic mass is 19.1. The zero-order valence-electron chi connectivity index (χ0n) is 13.8. The van der Waals surface area contributed by atoms with Gasteiger partial charge < -0.3 is 4.98 Å². The maximum Gasteiger partial charge on any atom is 0.115 e. The van der Waals surface area contributed by atoms with Gasteiger partial charge in [0.1, 0.15) is 12.5 Å². The summed E-state index contributed by atoms with van der Waals surface area (Å²) in [7, 11) is 2.09. The van der Waals surface area contributed by atoms with Crippen LogP contribution in [0.15, 0.2) is 42.5 Å². The molecule has 0 saturated carbocycles. The summed E-state index contributed by atoms with van der Waals surface area (Å²) in [5.74, 6) is 0.932. The lowest BCUT2D eigenvalue weighted by Crippen LogP contribution is -2.22. The van der Waals surface area contributed by atoms with Gasteiger partial charge in [-0.25, -0.2) is 9.37 Å². The minimum Gasteiger partial charge on any atom is -0.342 e. The van der Waals surface area contributed by atoms with Crippen LogP contribution in [0.25, 0.3) is 11.0 Å². The molecule has 120 valence electrons. The molecule has 1 atom stereocenters. The van der Waals surface area contributed by atoms with Crippen molar-refractivity contribution >= 4 is 11.0 Å². The van der Waals surface area contributed by atoms with E-state index in [2.05, 4.69) is 47.0 Å². The molecule has 1 heterocycles. The molecular formula is C19H22FN3. The number of aryl methyl sites for hydroxylation is 1. The Kier molecular flexibility index (Phi) is 4.44. The number of alkyl halides is 1. The van der Waals surface area contributed by atoms with E-state index in [0.29, 0.717) is 0 Å². The van der Waals surface area contributed by atoms with Gasteiger partial charge in [0.15, 0.2) is 0 Å². The highest BCUT2D eigenvalue weighted by Crippen LogP contribution is 2.24. The van der Waals surface area contributed by atoms with Gasteiger partial charge in [0.2, 0.25) is 0 Å². The Bertz CT molecular complexity index is 809. The standard InChI is InChI=1S/C19H22FN3/c1-13(17-7-8-18-19(10-17)22-14(2)21-18)23(3)12-16-6-4-5-15(9-16)11-20/h4-10,13H,11-12H2,1-3H3,(H,21,22). The van der Waals surface area contributed by atoms with Gasteiger partial charge in [0.25, 0.3) is 0 Å². The second-order valence-electron chi connectivity index (χ2n) is 6.14. The fourth-order valence-electron chi connectivity index (χ4n) is 2.90. The molecule has 0 aliphatic rings. The van der Waals surface area contributed by atoms with Crippen molar-refractivity contribution in [1.29, 1.82) is 0 Å². The first-order valence-electron chi connectivity index (χ1n) is 7.87. The topological polar surface area (TPSA) is 31.9 Å². The van der Waals surface area contributed by atoms with Crippen molar-refractivity contribution in [3.05, 3.63) is 65.0 Å². The fraction of sp³-hybridized carbons (Fsp3) is 0.316. The highest BCUT2D eigenvalue weighted by Gasteiger charge is 2.13.